The van der Waals surface area contributed by atoms with Crippen molar-refractivity contribution in [2.24, 2.45) is 0 Å². The number of rotatable bonds is 6. The van der Waals surface area contributed by atoms with E-state index in [1.165, 1.54) is 0 Å². The van der Waals surface area contributed by atoms with Crippen molar-refractivity contribution in [2.75, 3.05) is 26.3 Å². The maximum atomic E-state index is 10.3. The van der Waals surface area contributed by atoms with Crippen LogP contribution >= 0.6 is 0 Å². The third-order valence-corrected chi connectivity index (χ3v) is 2.47. The summed E-state index contributed by atoms with van der Waals surface area (Å²) in [6.07, 6.45) is 1.15. The number of morpholine rings is 1. The molecule has 1 saturated heterocycles. The highest BCUT2D eigenvalue weighted by molar-refractivity contribution is 5.66. The van der Waals surface area contributed by atoms with E-state index in [-0.39, 0.29) is 6.42 Å². The number of carbonyl (C=O) groups is 1. The summed E-state index contributed by atoms with van der Waals surface area (Å²) in [6, 6.07) is 0.717. The second kappa shape index (κ2) is 6.76. The fourth-order valence-electron chi connectivity index (χ4n) is 1.71. The minimum atomic E-state index is -0.756. The SMILES string of the molecule is CC(CC1COCCN1)NCCC(=O)O. The molecule has 0 aromatic carbocycles. The highest BCUT2D eigenvalue weighted by atomic mass is 16.5. The van der Waals surface area contributed by atoms with Crippen molar-refractivity contribution in [1.82, 2.24) is 10.6 Å². The van der Waals surface area contributed by atoms with Crippen LogP contribution in [0.2, 0.25) is 0 Å². The Kier molecular flexibility index (Phi) is 5.60. The molecular formula is C10H20N2O3. The first-order valence-corrected chi connectivity index (χ1v) is 5.45. The molecule has 2 atom stereocenters. The molecule has 0 saturated carbocycles. The van der Waals surface area contributed by atoms with Gasteiger partial charge in [-0.2, -0.15) is 0 Å². The van der Waals surface area contributed by atoms with Gasteiger partial charge in [0.1, 0.15) is 0 Å². The van der Waals surface area contributed by atoms with E-state index in [0.29, 0.717) is 18.6 Å². The molecule has 5 nitrogen and oxygen atoms in total. The van der Waals surface area contributed by atoms with Gasteiger partial charge in [-0.1, -0.05) is 0 Å². The fourth-order valence-corrected chi connectivity index (χ4v) is 1.71. The average molecular weight is 216 g/mol. The molecule has 1 fully saturated rings. The molecule has 0 spiro atoms. The van der Waals surface area contributed by atoms with Crippen molar-refractivity contribution in [1.29, 1.82) is 0 Å². The van der Waals surface area contributed by atoms with Crippen LogP contribution in [-0.2, 0) is 9.53 Å². The van der Waals surface area contributed by atoms with E-state index >= 15 is 0 Å². The zero-order valence-electron chi connectivity index (χ0n) is 9.16. The Morgan fingerprint density at radius 3 is 3.13 bits per heavy atom. The molecule has 0 radical (unpaired) electrons. The lowest BCUT2D eigenvalue weighted by Crippen LogP contribution is -2.45. The zero-order chi connectivity index (χ0) is 11.1. The zero-order valence-corrected chi connectivity index (χ0v) is 9.16. The van der Waals surface area contributed by atoms with Gasteiger partial charge in [-0.3, -0.25) is 4.79 Å². The van der Waals surface area contributed by atoms with Gasteiger partial charge in [0.15, 0.2) is 0 Å². The Hall–Kier alpha value is -0.650. The number of carboxylic acid groups (broad SMARTS) is 1. The quantitative estimate of drug-likeness (QED) is 0.574. The first kappa shape index (κ1) is 12.4. The normalized spacial score (nSPS) is 23.7. The van der Waals surface area contributed by atoms with E-state index in [9.17, 15) is 4.79 Å². The van der Waals surface area contributed by atoms with Crippen LogP contribution in [0.3, 0.4) is 0 Å². The van der Waals surface area contributed by atoms with Crippen LogP contribution < -0.4 is 10.6 Å². The summed E-state index contributed by atoms with van der Waals surface area (Å²) >= 11 is 0. The van der Waals surface area contributed by atoms with Gasteiger partial charge in [0, 0.05) is 25.2 Å². The monoisotopic (exact) mass is 216 g/mol. The Morgan fingerprint density at radius 2 is 2.53 bits per heavy atom. The molecule has 0 aromatic heterocycles. The maximum Gasteiger partial charge on any atom is 0.304 e. The molecule has 2 unspecified atom stereocenters. The maximum absolute atomic E-state index is 10.3. The van der Waals surface area contributed by atoms with E-state index < -0.39 is 5.97 Å². The summed E-state index contributed by atoms with van der Waals surface area (Å²) in [5, 5.41) is 15.0. The Balaban J connectivity index is 2.06. The van der Waals surface area contributed by atoms with Crippen LogP contribution in [0.1, 0.15) is 19.8 Å². The minimum Gasteiger partial charge on any atom is -0.481 e. The number of hydrogen-bond donors (Lipinski definition) is 3. The predicted octanol–water partition coefficient (Wildman–Crippen LogP) is -0.182. The molecule has 1 aliphatic rings. The summed E-state index contributed by atoms with van der Waals surface area (Å²) < 4.78 is 5.34. The molecule has 0 bridgehead atoms. The topological polar surface area (TPSA) is 70.6 Å². The lowest BCUT2D eigenvalue weighted by Gasteiger charge is -2.26. The molecule has 3 N–H and O–H groups in total. The highest BCUT2D eigenvalue weighted by Gasteiger charge is 2.15. The first-order chi connectivity index (χ1) is 7.18. The van der Waals surface area contributed by atoms with E-state index in [2.05, 4.69) is 17.6 Å². The van der Waals surface area contributed by atoms with E-state index in [4.69, 9.17) is 9.84 Å². The Morgan fingerprint density at radius 1 is 1.73 bits per heavy atom. The molecule has 15 heavy (non-hydrogen) atoms. The number of carboxylic acids is 1. The third-order valence-electron chi connectivity index (χ3n) is 2.47. The predicted molar refractivity (Wildman–Crippen MR) is 56.9 cm³/mol. The molecule has 0 aromatic rings. The van der Waals surface area contributed by atoms with Gasteiger partial charge in [-0.05, 0) is 13.3 Å². The second-order valence-corrected chi connectivity index (χ2v) is 3.96. The number of nitrogens with one attached hydrogen (secondary N) is 2. The van der Waals surface area contributed by atoms with Gasteiger partial charge in [0.2, 0.25) is 0 Å². The van der Waals surface area contributed by atoms with Crippen LogP contribution in [-0.4, -0.2) is 49.5 Å². The molecule has 88 valence electrons. The first-order valence-electron chi connectivity index (χ1n) is 5.45. The Labute approximate surface area is 90.2 Å². The fraction of sp³-hybridized carbons (Fsp3) is 0.900. The smallest absolute Gasteiger partial charge is 0.304 e. The van der Waals surface area contributed by atoms with Gasteiger partial charge < -0.3 is 20.5 Å². The van der Waals surface area contributed by atoms with Gasteiger partial charge in [0.05, 0.1) is 19.6 Å². The van der Waals surface area contributed by atoms with Gasteiger partial charge in [-0.15, -0.1) is 0 Å². The molecular weight excluding hydrogens is 196 g/mol. The third kappa shape index (κ3) is 5.71. The number of ether oxygens (including phenoxy) is 1. The van der Waals surface area contributed by atoms with Gasteiger partial charge in [0.25, 0.3) is 0 Å². The van der Waals surface area contributed by atoms with Crippen LogP contribution in [0.15, 0.2) is 0 Å². The summed E-state index contributed by atoms with van der Waals surface area (Å²) in [4.78, 5) is 10.3. The van der Waals surface area contributed by atoms with Crippen molar-refractivity contribution in [3.05, 3.63) is 0 Å². The summed E-state index contributed by atoms with van der Waals surface area (Å²) in [5.74, 6) is -0.756. The van der Waals surface area contributed by atoms with E-state index in [0.717, 1.165) is 26.2 Å². The number of aliphatic carboxylic acids is 1. The lowest BCUT2D eigenvalue weighted by atomic mass is 10.1. The van der Waals surface area contributed by atoms with Crippen molar-refractivity contribution in [2.45, 2.75) is 31.8 Å². The lowest BCUT2D eigenvalue weighted by molar-refractivity contribution is -0.136. The van der Waals surface area contributed by atoms with Crippen LogP contribution in [0.25, 0.3) is 0 Å². The Bertz CT molecular complexity index is 193. The van der Waals surface area contributed by atoms with Crippen molar-refractivity contribution >= 4 is 5.97 Å². The highest BCUT2D eigenvalue weighted by Crippen LogP contribution is 2.02. The standard InChI is InChI=1S/C10H20N2O3/c1-8(11-3-2-10(13)14)6-9-7-15-5-4-12-9/h8-9,11-12H,2-7H2,1H3,(H,13,14). The minimum absolute atomic E-state index is 0.179. The number of hydrogen-bond acceptors (Lipinski definition) is 4. The van der Waals surface area contributed by atoms with Crippen molar-refractivity contribution < 1.29 is 14.6 Å². The molecule has 0 aliphatic carbocycles. The van der Waals surface area contributed by atoms with Gasteiger partial charge in [-0.25, -0.2) is 0 Å². The summed E-state index contributed by atoms with van der Waals surface area (Å²) in [6.45, 7) is 5.05. The molecule has 5 heteroatoms. The van der Waals surface area contributed by atoms with Crippen molar-refractivity contribution in [3.8, 4) is 0 Å². The van der Waals surface area contributed by atoms with E-state index in [1.54, 1.807) is 0 Å². The average Bonchev–Trinajstić information content (AvgIpc) is 2.18. The largest absolute Gasteiger partial charge is 0.481 e. The molecule has 0 amide bonds. The van der Waals surface area contributed by atoms with E-state index in [1.807, 2.05) is 0 Å². The van der Waals surface area contributed by atoms with Gasteiger partial charge >= 0.3 is 5.97 Å². The van der Waals surface area contributed by atoms with Crippen LogP contribution in [0.5, 0.6) is 0 Å². The summed E-state index contributed by atoms with van der Waals surface area (Å²) in [7, 11) is 0. The van der Waals surface area contributed by atoms with Crippen molar-refractivity contribution in [3.63, 3.8) is 0 Å². The molecule has 1 heterocycles. The summed E-state index contributed by atoms with van der Waals surface area (Å²) in [5.41, 5.74) is 0. The van der Waals surface area contributed by atoms with Crippen LogP contribution in [0, 0.1) is 0 Å². The van der Waals surface area contributed by atoms with Crippen LogP contribution in [0.4, 0.5) is 0 Å². The molecule has 1 aliphatic heterocycles. The second-order valence-electron chi connectivity index (χ2n) is 3.96. The molecule has 1 rings (SSSR count).